The third-order valence-electron chi connectivity index (χ3n) is 4.78. The molecule has 29 heavy (non-hydrogen) atoms. The van der Waals surface area contributed by atoms with Gasteiger partial charge in [0.1, 0.15) is 11.4 Å². The third kappa shape index (κ3) is 3.21. The van der Waals surface area contributed by atoms with Crippen LogP contribution in [0.5, 0.6) is 5.75 Å². The topological polar surface area (TPSA) is 65.4 Å². The van der Waals surface area contributed by atoms with Gasteiger partial charge in [0, 0.05) is 5.39 Å². The van der Waals surface area contributed by atoms with Crippen LogP contribution >= 0.6 is 0 Å². The minimum Gasteiger partial charge on any atom is -0.496 e. The predicted octanol–water partition coefficient (Wildman–Crippen LogP) is 4.43. The fourth-order valence-corrected chi connectivity index (χ4v) is 4.91. The number of benzene rings is 3. The van der Waals surface area contributed by atoms with E-state index in [-0.39, 0.29) is 10.6 Å². The Kier molecular flexibility index (Phi) is 4.72. The quantitative estimate of drug-likeness (QED) is 0.461. The first-order chi connectivity index (χ1) is 13.9. The Hall–Kier alpha value is -3.38. The second kappa shape index (κ2) is 7.22. The van der Waals surface area contributed by atoms with Crippen LogP contribution in [0.25, 0.3) is 10.9 Å². The summed E-state index contributed by atoms with van der Waals surface area (Å²) in [6, 6.07) is 22.0. The van der Waals surface area contributed by atoms with E-state index in [9.17, 15) is 13.2 Å². The molecule has 0 aliphatic heterocycles. The number of ketones is 1. The molecule has 0 bridgehead atoms. The third-order valence-corrected chi connectivity index (χ3v) is 6.52. The maximum Gasteiger partial charge on any atom is 0.268 e. The first kappa shape index (κ1) is 19.0. The Bertz CT molecular complexity index is 1320. The minimum absolute atomic E-state index is 0.0685. The molecule has 0 amide bonds. The van der Waals surface area contributed by atoms with Gasteiger partial charge in [-0.1, -0.05) is 48.0 Å². The van der Waals surface area contributed by atoms with Gasteiger partial charge in [-0.2, -0.15) is 0 Å². The number of aromatic nitrogens is 1. The van der Waals surface area contributed by atoms with Crippen LogP contribution in [-0.4, -0.2) is 25.3 Å². The van der Waals surface area contributed by atoms with Crippen molar-refractivity contribution in [1.29, 1.82) is 0 Å². The van der Waals surface area contributed by atoms with Gasteiger partial charge in [0.25, 0.3) is 10.0 Å². The smallest absolute Gasteiger partial charge is 0.268 e. The zero-order valence-corrected chi connectivity index (χ0v) is 16.8. The van der Waals surface area contributed by atoms with Crippen molar-refractivity contribution < 1.29 is 17.9 Å². The summed E-state index contributed by atoms with van der Waals surface area (Å²) in [7, 11) is -2.50. The highest BCUT2D eigenvalue weighted by molar-refractivity contribution is 7.90. The van der Waals surface area contributed by atoms with Gasteiger partial charge in [0.2, 0.25) is 5.78 Å². The van der Waals surface area contributed by atoms with E-state index in [1.807, 2.05) is 19.1 Å². The fraction of sp³-hybridized carbons (Fsp3) is 0.0870. The molecule has 6 heteroatoms. The van der Waals surface area contributed by atoms with Crippen molar-refractivity contribution in [3.8, 4) is 5.75 Å². The molecule has 3 aromatic carbocycles. The molecule has 0 saturated heterocycles. The van der Waals surface area contributed by atoms with Crippen molar-refractivity contribution >= 4 is 26.7 Å². The summed E-state index contributed by atoms with van der Waals surface area (Å²) >= 11 is 0. The van der Waals surface area contributed by atoms with E-state index in [0.717, 1.165) is 9.54 Å². The van der Waals surface area contributed by atoms with Gasteiger partial charge in [-0.25, -0.2) is 12.4 Å². The molecule has 4 aromatic rings. The maximum absolute atomic E-state index is 13.5. The summed E-state index contributed by atoms with van der Waals surface area (Å²) in [5.41, 5.74) is 1.72. The Morgan fingerprint density at radius 1 is 0.897 bits per heavy atom. The minimum atomic E-state index is -3.98. The van der Waals surface area contributed by atoms with Gasteiger partial charge in [-0.15, -0.1) is 0 Å². The van der Waals surface area contributed by atoms with E-state index in [1.165, 1.54) is 19.2 Å². The van der Waals surface area contributed by atoms with Gasteiger partial charge in [-0.05, 0) is 43.3 Å². The first-order valence-electron chi connectivity index (χ1n) is 9.04. The molecule has 0 radical (unpaired) electrons. The summed E-state index contributed by atoms with van der Waals surface area (Å²) < 4.78 is 33.4. The second-order valence-corrected chi connectivity index (χ2v) is 8.49. The molecule has 0 aliphatic rings. The number of carbonyl (C=O) groups is 1. The van der Waals surface area contributed by atoms with Crippen LogP contribution in [0, 0.1) is 6.92 Å². The van der Waals surface area contributed by atoms with Gasteiger partial charge in [0.05, 0.1) is 23.1 Å². The molecule has 146 valence electrons. The molecule has 0 atom stereocenters. The molecule has 1 aromatic heterocycles. The summed E-state index contributed by atoms with van der Waals surface area (Å²) in [6.45, 7) is 1.87. The zero-order valence-electron chi connectivity index (χ0n) is 16.0. The van der Waals surface area contributed by atoms with Crippen molar-refractivity contribution in [1.82, 2.24) is 3.97 Å². The lowest BCUT2D eigenvalue weighted by molar-refractivity contribution is 0.103. The number of carbonyl (C=O) groups excluding carboxylic acids is 1. The molecule has 0 N–H and O–H groups in total. The molecule has 0 spiro atoms. The number of aryl methyl sites for hydroxylation is 1. The summed E-state index contributed by atoms with van der Waals surface area (Å²) in [4.78, 5) is 13.6. The molecular weight excluding hydrogens is 386 g/mol. The van der Waals surface area contributed by atoms with E-state index < -0.39 is 15.8 Å². The Morgan fingerprint density at radius 3 is 2.31 bits per heavy atom. The average Bonchev–Trinajstić information content (AvgIpc) is 3.14. The monoisotopic (exact) mass is 405 g/mol. The number of ether oxygens (including phenoxy) is 1. The van der Waals surface area contributed by atoms with Crippen molar-refractivity contribution in [3.63, 3.8) is 0 Å². The number of hydrogen-bond donors (Lipinski definition) is 0. The Morgan fingerprint density at radius 2 is 1.59 bits per heavy atom. The van der Waals surface area contributed by atoms with E-state index in [2.05, 4.69) is 0 Å². The highest BCUT2D eigenvalue weighted by Gasteiger charge is 2.28. The summed E-state index contributed by atoms with van der Waals surface area (Å²) in [5.74, 6) is -0.0178. The first-order valence-corrected chi connectivity index (χ1v) is 10.5. The normalized spacial score (nSPS) is 11.5. The lowest BCUT2D eigenvalue weighted by Gasteiger charge is -2.13. The highest BCUT2D eigenvalue weighted by Crippen LogP contribution is 2.30. The number of rotatable bonds is 5. The van der Waals surface area contributed by atoms with Crippen molar-refractivity contribution in [2.45, 2.75) is 11.8 Å². The van der Waals surface area contributed by atoms with Crippen LogP contribution in [0.15, 0.2) is 83.8 Å². The number of methoxy groups -OCH3 is 1. The van der Waals surface area contributed by atoms with Crippen LogP contribution in [-0.2, 0) is 10.0 Å². The van der Waals surface area contributed by atoms with Crippen LogP contribution in [0.2, 0.25) is 0 Å². The highest BCUT2D eigenvalue weighted by atomic mass is 32.2. The maximum atomic E-state index is 13.5. The number of hydrogen-bond acceptors (Lipinski definition) is 4. The number of nitrogens with zero attached hydrogens (tertiary/aromatic N) is 1. The fourth-order valence-electron chi connectivity index (χ4n) is 3.38. The van der Waals surface area contributed by atoms with E-state index in [4.69, 9.17) is 4.74 Å². The molecule has 1 heterocycles. The van der Waals surface area contributed by atoms with E-state index in [0.29, 0.717) is 22.2 Å². The van der Waals surface area contributed by atoms with Crippen LogP contribution < -0.4 is 4.74 Å². The summed E-state index contributed by atoms with van der Waals surface area (Å²) in [5, 5.41) is 0.668. The van der Waals surface area contributed by atoms with Gasteiger partial charge < -0.3 is 4.74 Å². The standard InChI is InChI=1S/C23H19NO4S/c1-16-12-13-22(28-2)19(14-16)23(25)21-15-17-8-6-7-11-20(17)24(21)29(26,27)18-9-4-3-5-10-18/h3-15H,1-2H3. The average molecular weight is 405 g/mol. The Labute approximate surface area is 169 Å². The lowest BCUT2D eigenvalue weighted by Crippen LogP contribution is -2.19. The predicted molar refractivity (Wildman–Crippen MR) is 112 cm³/mol. The number of para-hydroxylation sites is 1. The molecule has 0 fully saturated rings. The Balaban J connectivity index is 2.01. The van der Waals surface area contributed by atoms with Gasteiger partial charge >= 0.3 is 0 Å². The second-order valence-electron chi connectivity index (χ2n) is 6.70. The van der Waals surface area contributed by atoms with Crippen LogP contribution in [0.1, 0.15) is 21.6 Å². The van der Waals surface area contributed by atoms with E-state index >= 15 is 0 Å². The van der Waals surface area contributed by atoms with Crippen molar-refractivity contribution in [2.24, 2.45) is 0 Å². The largest absolute Gasteiger partial charge is 0.496 e. The van der Waals surface area contributed by atoms with Crippen LogP contribution in [0.4, 0.5) is 0 Å². The van der Waals surface area contributed by atoms with Gasteiger partial charge in [-0.3, -0.25) is 4.79 Å². The SMILES string of the molecule is COc1ccc(C)cc1C(=O)c1cc2ccccc2n1S(=O)(=O)c1ccccc1. The summed E-state index contributed by atoms with van der Waals surface area (Å²) in [6.07, 6.45) is 0. The van der Waals surface area contributed by atoms with Crippen molar-refractivity contribution in [3.05, 3.63) is 95.7 Å². The zero-order chi connectivity index (χ0) is 20.6. The van der Waals surface area contributed by atoms with Gasteiger partial charge in [0.15, 0.2) is 0 Å². The molecule has 0 unspecified atom stereocenters. The molecule has 4 rings (SSSR count). The molecule has 0 saturated carbocycles. The lowest BCUT2D eigenvalue weighted by atomic mass is 10.0. The molecule has 5 nitrogen and oxygen atoms in total. The molecular formula is C23H19NO4S. The van der Waals surface area contributed by atoms with Crippen LogP contribution in [0.3, 0.4) is 0 Å². The van der Waals surface area contributed by atoms with E-state index in [1.54, 1.807) is 54.6 Å². The van der Waals surface area contributed by atoms with Crippen molar-refractivity contribution in [2.75, 3.05) is 7.11 Å². The molecule has 0 aliphatic carbocycles. The number of fused-ring (bicyclic) bond motifs is 1.